The van der Waals surface area contributed by atoms with Crippen molar-refractivity contribution in [3.05, 3.63) is 33.4 Å². The van der Waals surface area contributed by atoms with Gasteiger partial charge in [-0.1, -0.05) is 30.9 Å². The number of halogens is 2. The molecule has 0 unspecified atom stereocenters. The second-order valence-electron chi connectivity index (χ2n) is 7.79. The first-order chi connectivity index (χ1) is 14.6. The fourth-order valence-corrected chi connectivity index (χ4v) is 4.57. The van der Waals surface area contributed by atoms with Crippen LogP contribution >= 0.6 is 27.5 Å². The highest BCUT2D eigenvalue weighted by atomic mass is 79.9. The summed E-state index contributed by atoms with van der Waals surface area (Å²) in [6, 6.07) is 2.93. The Morgan fingerprint density at radius 2 is 1.84 bits per heavy atom. The van der Waals surface area contributed by atoms with Crippen LogP contribution in [0.3, 0.4) is 0 Å². The number of H-pyrrole nitrogens is 1. The number of hydrogen-bond donors (Lipinski definition) is 7. The predicted molar refractivity (Wildman–Crippen MR) is 116 cm³/mol. The quantitative estimate of drug-likeness (QED) is 0.204. The summed E-state index contributed by atoms with van der Waals surface area (Å²) in [4.78, 5) is 27.2. The highest BCUT2D eigenvalue weighted by Crippen LogP contribution is 2.35. The summed E-state index contributed by atoms with van der Waals surface area (Å²) in [7, 11) is 0. The van der Waals surface area contributed by atoms with Crippen LogP contribution in [0.2, 0.25) is 5.02 Å². The van der Waals surface area contributed by atoms with Crippen LogP contribution in [0.25, 0.3) is 10.9 Å². The van der Waals surface area contributed by atoms with Crippen molar-refractivity contribution in [1.29, 1.82) is 0 Å². The van der Waals surface area contributed by atoms with Gasteiger partial charge in [0.25, 0.3) is 0 Å². The number of carbonyl (C=O) groups is 2. The lowest BCUT2D eigenvalue weighted by molar-refractivity contribution is -0.197. The Balaban J connectivity index is 2.00. The molecule has 170 valence electrons. The third-order valence-corrected chi connectivity index (χ3v) is 6.99. The van der Waals surface area contributed by atoms with Crippen LogP contribution in [0.1, 0.15) is 42.5 Å². The lowest BCUT2D eigenvalue weighted by Gasteiger charge is -2.41. The summed E-state index contributed by atoms with van der Waals surface area (Å²) < 4.78 is 0.502. The fraction of sp³-hybridized carbons (Fsp3) is 0.500. The average molecular weight is 520 g/mol. The van der Waals surface area contributed by atoms with Crippen LogP contribution in [0, 0.1) is 0 Å². The molecular formula is C20H24BrClN2O7. The second kappa shape index (κ2) is 9.53. The highest BCUT2D eigenvalue weighted by molar-refractivity contribution is 9.10. The Morgan fingerprint density at radius 3 is 2.45 bits per heavy atom. The molecule has 0 amide bonds. The molecule has 31 heavy (non-hydrogen) atoms. The SMILES string of the molecule is O=C(O)[C@@H](O)[C@@H](O)[C@@](O)(NC1CCCCC1)[C@@H](O)C(=O)c1c[nH]c2ccc(Br)c(Cl)c12. The number of aromatic nitrogens is 1. The summed E-state index contributed by atoms with van der Waals surface area (Å²) in [5.41, 5.74) is -2.38. The van der Waals surface area contributed by atoms with Crippen LogP contribution in [0.5, 0.6) is 0 Å². The first-order valence-electron chi connectivity index (χ1n) is 9.84. The summed E-state index contributed by atoms with van der Waals surface area (Å²) in [5, 5.41) is 54.6. The van der Waals surface area contributed by atoms with Gasteiger partial charge in [-0.05, 0) is 40.9 Å². The Labute approximate surface area is 191 Å². The van der Waals surface area contributed by atoms with Crippen LogP contribution in [-0.2, 0) is 4.79 Å². The molecular weight excluding hydrogens is 496 g/mol. The average Bonchev–Trinajstić information content (AvgIpc) is 3.19. The number of carbonyl (C=O) groups excluding carboxylic acids is 1. The molecule has 1 aliphatic carbocycles. The Morgan fingerprint density at radius 1 is 1.19 bits per heavy atom. The minimum atomic E-state index is -2.82. The van der Waals surface area contributed by atoms with E-state index < -0.39 is 41.8 Å². The van der Waals surface area contributed by atoms with Crippen LogP contribution < -0.4 is 5.32 Å². The third kappa shape index (κ3) is 4.65. The van der Waals surface area contributed by atoms with E-state index in [9.17, 15) is 30.0 Å². The van der Waals surface area contributed by atoms with Gasteiger partial charge in [-0.2, -0.15) is 0 Å². The van der Waals surface area contributed by atoms with E-state index in [1.165, 1.54) is 6.20 Å². The normalized spacial score (nSPS) is 20.2. The predicted octanol–water partition coefficient (Wildman–Crippen LogP) is 1.54. The maximum absolute atomic E-state index is 13.2. The molecule has 11 heteroatoms. The van der Waals surface area contributed by atoms with E-state index in [4.69, 9.17) is 16.7 Å². The maximum Gasteiger partial charge on any atom is 0.335 e. The van der Waals surface area contributed by atoms with Gasteiger partial charge in [0, 0.05) is 33.2 Å². The molecule has 3 rings (SSSR count). The van der Waals surface area contributed by atoms with Crippen molar-refractivity contribution >= 4 is 50.2 Å². The monoisotopic (exact) mass is 518 g/mol. The number of aliphatic carboxylic acids is 1. The molecule has 0 saturated heterocycles. The zero-order valence-corrected chi connectivity index (χ0v) is 18.7. The van der Waals surface area contributed by atoms with Gasteiger partial charge in [0.05, 0.1) is 5.02 Å². The third-order valence-electron chi connectivity index (χ3n) is 5.71. The van der Waals surface area contributed by atoms with Crippen molar-refractivity contribution in [3.63, 3.8) is 0 Å². The molecule has 0 spiro atoms. The highest BCUT2D eigenvalue weighted by Gasteiger charge is 2.52. The van der Waals surface area contributed by atoms with Gasteiger partial charge < -0.3 is 30.5 Å². The zero-order valence-electron chi connectivity index (χ0n) is 16.4. The molecule has 0 aliphatic heterocycles. The fourth-order valence-electron chi connectivity index (χ4n) is 3.97. The summed E-state index contributed by atoms with van der Waals surface area (Å²) in [5.74, 6) is -2.82. The molecule has 1 aromatic carbocycles. The number of carboxylic acids is 1. The van der Waals surface area contributed by atoms with Crippen molar-refractivity contribution in [2.75, 3.05) is 0 Å². The van der Waals surface area contributed by atoms with E-state index in [2.05, 4.69) is 26.2 Å². The number of rotatable bonds is 8. The number of aromatic amines is 1. The lowest BCUT2D eigenvalue weighted by atomic mass is 9.87. The molecule has 0 radical (unpaired) electrons. The van der Waals surface area contributed by atoms with E-state index in [-0.39, 0.29) is 16.0 Å². The van der Waals surface area contributed by atoms with E-state index >= 15 is 0 Å². The van der Waals surface area contributed by atoms with Gasteiger partial charge in [0.1, 0.15) is 6.10 Å². The number of aliphatic hydroxyl groups is 4. The van der Waals surface area contributed by atoms with E-state index in [0.717, 1.165) is 19.3 Å². The van der Waals surface area contributed by atoms with E-state index in [1.54, 1.807) is 12.1 Å². The molecule has 0 bridgehead atoms. The molecule has 1 aromatic heterocycles. The first kappa shape index (κ1) is 24.1. The molecule has 2 aromatic rings. The molecule has 1 fully saturated rings. The zero-order chi connectivity index (χ0) is 22.9. The standard InChI is InChI=1S/C20H24BrClN2O7/c21-11-6-7-12-13(14(11)22)10(8-23-12)15(25)17(27)20(31,18(28)16(26)19(29)30)24-9-4-2-1-3-5-9/h6-9,16-18,23-24,26-28,31H,1-5H2,(H,29,30)/t16-,17-,18+,20+/m0/s1. The van der Waals surface area contributed by atoms with Crippen molar-refractivity contribution in [3.8, 4) is 0 Å². The van der Waals surface area contributed by atoms with Crippen LogP contribution in [-0.4, -0.2) is 72.3 Å². The maximum atomic E-state index is 13.2. The summed E-state index contributed by atoms with van der Waals surface area (Å²) in [6.07, 6.45) is -2.04. The van der Waals surface area contributed by atoms with Gasteiger partial charge in [0.2, 0.25) is 0 Å². The van der Waals surface area contributed by atoms with E-state index in [0.29, 0.717) is 22.8 Å². The molecule has 7 N–H and O–H groups in total. The summed E-state index contributed by atoms with van der Waals surface area (Å²) >= 11 is 9.56. The van der Waals surface area contributed by atoms with Gasteiger partial charge in [-0.3, -0.25) is 10.1 Å². The van der Waals surface area contributed by atoms with Crippen LogP contribution in [0.4, 0.5) is 0 Å². The molecule has 1 aliphatic rings. The molecule has 1 saturated carbocycles. The Bertz CT molecular complexity index is 978. The van der Waals surface area contributed by atoms with Crippen molar-refractivity contribution in [2.45, 2.75) is 62.2 Å². The number of fused-ring (bicyclic) bond motifs is 1. The number of carboxylic acid groups (broad SMARTS) is 1. The van der Waals surface area contributed by atoms with Crippen molar-refractivity contribution in [2.24, 2.45) is 0 Å². The van der Waals surface area contributed by atoms with Gasteiger partial charge in [-0.15, -0.1) is 0 Å². The number of ketones is 1. The van der Waals surface area contributed by atoms with Crippen molar-refractivity contribution in [1.82, 2.24) is 10.3 Å². The summed E-state index contributed by atoms with van der Waals surface area (Å²) in [6.45, 7) is 0. The number of nitrogens with one attached hydrogen (secondary N) is 2. The number of benzene rings is 1. The van der Waals surface area contributed by atoms with Gasteiger partial charge >= 0.3 is 5.97 Å². The Kier molecular flexibility index (Phi) is 7.42. The van der Waals surface area contributed by atoms with Crippen molar-refractivity contribution < 1.29 is 35.1 Å². The molecule has 1 heterocycles. The van der Waals surface area contributed by atoms with Gasteiger partial charge in [0.15, 0.2) is 23.7 Å². The smallest absolute Gasteiger partial charge is 0.335 e. The number of hydrogen-bond acceptors (Lipinski definition) is 7. The minimum Gasteiger partial charge on any atom is -0.479 e. The largest absolute Gasteiger partial charge is 0.479 e. The first-order valence-corrected chi connectivity index (χ1v) is 11.0. The van der Waals surface area contributed by atoms with Crippen LogP contribution in [0.15, 0.2) is 22.8 Å². The molecule has 9 nitrogen and oxygen atoms in total. The lowest BCUT2D eigenvalue weighted by Crippen LogP contribution is -2.70. The minimum absolute atomic E-state index is 0.0605. The van der Waals surface area contributed by atoms with E-state index in [1.807, 2.05) is 0 Å². The number of aliphatic hydroxyl groups excluding tert-OH is 3. The van der Waals surface area contributed by atoms with Gasteiger partial charge in [-0.25, -0.2) is 4.79 Å². The molecule has 4 atom stereocenters. The topological polar surface area (TPSA) is 163 Å². The second-order valence-corrected chi connectivity index (χ2v) is 9.02. The number of Topliss-reactive ketones (excluding diaryl/α,β-unsaturated/α-hetero) is 1. The Hall–Kier alpha value is -1.53.